The summed E-state index contributed by atoms with van der Waals surface area (Å²) in [7, 11) is 0. The van der Waals surface area contributed by atoms with Crippen LogP contribution in [0.1, 0.15) is 40.2 Å². The lowest BCUT2D eigenvalue weighted by atomic mass is 9.89. The molecule has 1 rings (SSSR count). The molecule has 0 amide bonds. The summed E-state index contributed by atoms with van der Waals surface area (Å²) in [4.78, 5) is 4.17. The van der Waals surface area contributed by atoms with Crippen molar-refractivity contribution in [1.82, 2.24) is 10.3 Å². The number of nitrogens with zero attached hydrogens (tertiary/aromatic N) is 1. The molecule has 17 heavy (non-hydrogen) atoms. The molecular weight excluding hydrogens is 208 g/mol. The maximum Gasteiger partial charge on any atom is 0.0299 e. The number of hydrogen-bond donors (Lipinski definition) is 1. The van der Waals surface area contributed by atoms with Crippen LogP contribution < -0.4 is 5.32 Å². The van der Waals surface area contributed by atoms with Crippen molar-refractivity contribution in [3.8, 4) is 0 Å². The van der Waals surface area contributed by atoms with E-state index in [9.17, 15) is 0 Å². The topological polar surface area (TPSA) is 24.9 Å². The molecule has 0 radical (unpaired) electrons. The predicted octanol–water partition coefficient (Wildman–Crippen LogP) is 3.28. The summed E-state index contributed by atoms with van der Waals surface area (Å²) in [5.74, 6) is 1.35. The molecule has 0 aliphatic heterocycles. The van der Waals surface area contributed by atoms with Crippen LogP contribution in [-0.2, 0) is 6.42 Å². The van der Waals surface area contributed by atoms with Gasteiger partial charge in [0.2, 0.25) is 0 Å². The molecule has 0 aromatic carbocycles. The van der Waals surface area contributed by atoms with Crippen LogP contribution in [-0.4, -0.2) is 17.1 Å². The summed E-state index contributed by atoms with van der Waals surface area (Å²) in [6, 6.07) is 4.17. The third-order valence-electron chi connectivity index (χ3n) is 3.21. The smallest absolute Gasteiger partial charge is 0.0299 e. The van der Waals surface area contributed by atoms with E-state index in [2.05, 4.69) is 51.0 Å². The van der Waals surface area contributed by atoms with E-state index in [0.717, 1.165) is 13.0 Å². The number of nitrogens with one attached hydrogen (secondary N) is 1. The van der Waals surface area contributed by atoms with E-state index in [4.69, 9.17) is 0 Å². The number of pyridine rings is 1. The third-order valence-corrected chi connectivity index (χ3v) is 3.21. The molecule has 2 atom stereocenters. The molecule has 0 spiro atoms. The Kier molecular flexibility index (Phi) is 5.13. The Balaban J connectivity index is 2.40. The van der Waals surface area contributed by atoms with Gasteiger partial charge >= 0.3 is 0 Å². The van der Waals surface area contributed by atoms with Gasteiger partial charge in [-0.25, -0.2) is 0 Å². The van der Waals surface area contributed by atoms with Gasteiger partial charge in [0.1, 0.15) is 0 Å². The molecule has 0 fully saturated rings. The fourth-order valence-corrected chi connectivity index (χ4v) is 1.76. The monoisotopic (exact) mass is 234 g/mol. The molecule has 0 aliphatic rings. The molecule has 96 valence electrons. The molecule has 1 aromatic heterocycles. The maximum absolute atomic E-state index is 4.17. The standard InChI is InChI=1S/C15H26N2/c1-12(9-14-7-6-8-16-11-14)13(2)10-17-15(3,4)5/h6-8,11-13,17H,9-10H2,1-5H3. The predicted molar refractivity (Wildman–Crippen MR) is 74.0 cm³/mol. The highest BCUT2D eigenvalue weighted by Crippen LogP contribution is 2.16. The van der Waals surface area contributed by atoms with Crippen molar-refractivity contribution < 1.29 is 0 Å². The Morgan fingerprint density at radius 1 is 1.24 bits per heavy atom. The van der Waals surface area contributed by atoms with Crippen LogP contribution in [0.3, 0.4) is 0 Å². The molecule has 0 saturated heterocycles. The summed E-state index contributed by atoms with van der Waals surface area (Å²) >= 11 is 0. The van der Waals surface area contributed by atoms with Crippen LogP contribution in [0.2, 0.25) is 0 Å². The van der Waals surface area contributed by atoms with Gasteiger partial charge in [0.15, 0.2) is 0 Å². The van der Waals surface area contributed by atoms with Crippen molar-refractivity contribution in [2.24, 2.45) is 11.8 Å². The van der Waals surface area contributed by atoms with Gasteiger partial charge in [-0.05, 0) is 57.2 Å². The highest BCUT2D eigenvalue weighted by Gasteiger charge is 2.16. The Bertz CT molecular complexity index is 313. The largest absolute Gasteiger partial charge is 0.312 e. The fourth-order valence-electron chi connectivity index (χ4n) is 1.76. The zero-order chi connectivity index (χ0) is 12.9. The first-order valence-corrected chi connectivity index (χ1v) is 6.52. The van der Waals surface area contributed by atoms with Gasteiger partial charge < -0.3 is 5.32 Å². The molecule has 0 saturated carbocycles. The molecule has 0 bridgehead atoms. The molecule has 1 aromatic rings. The Labute approximate surface area is 106 Å². The van der Waals surface area contributed by atoms with Crippen molar-refractivity contribution in [2.45, 2.75) is 46.6 Å². The zero-order valence-corrected chi connectivity index (χ0v) is 11.8. The van der Waals surface area contributed by atoms with Crippen LogP contribution >= 0.6 is 0 Å². The van der Waals surface area contributed by atoms with E-state index in [-0.39, 0.29) is 5.54 Å². The van der Waals surface area contributed by atoms with Crippen molar-refractivity contribution in [3.05, 3.63) is 30.1 Å². The van der Waals surface area contributed by atoms with Crippen molar-refractivity contribution in [2.75, 3.05) is 6.54 Å². The normalized spacial score (nSPS) is 15.6. The molecule has 2 unspecified atom stereocenters. The molecule has 2 heteroatoms. The third kappa shape index (κ3) is 5.83. The minimum Gasteiger partial charge on any atom is -0.312 e. The average Bonchev–Trinajstić information content (AvgIpc) is 2.26. The lowest BCUT2D eigenvalue weighted by Crippen LogP contribution is -2.40. The SMILES string of the molecule is CC(CNC(C)(C)C)C(C)Cc1cccnc1. The second-order valence-corrected chi connectivity index (χ2v) is 6.15. The van der Waals surface area contributed by atoms with Gasteiger partial charge in [-0.2, -0.15) is 0 Å². The van der Waals surface area contributed by atoms with Gasteiger partial charge in [-0.15, -0.1) is 0 Å². The second kappa shape index (κ2) is 6.15. The van der Waals surface area contributed by atoms with Gasteiger partial charge in [-0.1, -0.05) is 19.9 Å². The number of aromatic nitrogens is 1. The van der Waals surface area contributed by atoms with Crippen LogP contribution in [0.25, 0.3) is 0 Å². The molecule has 1 heterocycles. The van der Waals surface area contributed by atoms with Crippen LogP contribution in [0.4, 0.5) is 0 Å². The molecule has 2 nitrogen and oxygen atoms in total. The minimum absolute atomic E-state index is 0.211. The summed E-state index contributed by atoms with van der Waals surface area (Å²) in [6.45, 7) is 12.4. The second-order valence-electron chi connectivity index (χ2n) is 6.15. The van der Waals surface area contributed by atoms with Crippen LogP contribution in [0.5, 0.6) is 0 Å². The van der Waals surface area contributed by atoms with Crippen LogP contribution in [0.15, 0.2) is 24.5 Å². The maximum atomic E-state index is 4.17. The lowest BCUT2D eigenvalue weighted by molar-refractivity contribution is 0.317. The van der Waals surface area contributed by atoms with E-state index in [1.54, 1.807) is 0 Å². The fraction of sp³-hybridized carbons (Fsp3) is 0.667. The quantitative estimate of drug-likeness (QED) is 0.845. The summed E-state index contributed by atoms with van der Waals surface area (Å²) in [5.41, 5.74) is 1.55. The zero-order valence-electron chi connectivity index (χ0n) is 11.8. The first kappa shape index (κ1) is 14.2. The molecule has 1 N–H and O–H groups in total. The number of rotatable bonds is 5. The van der Waals surface area contributed by atoms with Gasteiger partial charge in [0.25, 0.3) is 0 Å². The lowest BCUT2D eigenvalue weighted by Gasteiger charge is -2.26. The van der Waals surface area contributed by atoms with Crippen LogP contribution in [0, 0.1) is 11.8 Å². The molecule has 0 aliphatic carbocycles. The minimum atomic E-state index is 0.211. The van der Waals surface area contributed by atoms with Gasteiger partial charge in [0, 0.05) is 17.9 Å². The first-order chi connectivity index (χ1) is 7.88. The van der Waals surface area contributed by atoms with E-state index in [0.29, 0.717) is 11.8 Å². The summed E-state index contributed by atoms with van der Waals surface area (Å²) < 4.78 is 0. The van der Waals surface area contributed by atoms with Crippen molar-refractivity contribution in [3.63, 3.8) is 0 Å². The molecular formula is C15H26N2. The van der Waals surface area contributed by atoms with Gasteiger partial charge in [-0.3, -0.25) is 4.98 Å². The summed E-state index contributed by atoms with van der Waals surface area (Å²) in [6.07, 6.45) is 4.92. The Morgan fingerprint density at radius 2 is 1.94 bits per heavy atom. The average molecular weight is 234 g/mol. The van der Waals surface area contributed by atoms with Crippen molar-refractivity contribution >= 4 is 0 Å². The Hall–Kier alpha value is -0.890. The van der Waals surface area contributed by atoms with Crippen molar-refractivity contribution in [1.29, 1.82) is 0 Å². The van der Waals surface area contributed by atoms with E-state index in [1.165, 1.54) is 5.56 Å². The van der Waals surface area contributed by atoms with E-state index < -0.39 is 0 Å². The Morgan fingerprint density at radius 3 is 2.47 bits per heavy atom. The first-order valence-electron chi connectivity index (χ1n) is 6.52. The van der Waals surface area contributed by atoms with E-state index >= 15 is 0 Å². The summed E-state index contributed by atoms with van der Waals surface area (Å²) in [5, 5.41) is 3.57. The number of hydrogen-bond acceptors (Lipinski definition) is 2. The van der Waals surface area contributed by atoms with Gasteiger partial charge in [0.05, 0.1) is 0 Å². The highest BCUT2D eigenvalue weighted by atomic mass is 14.9. The van der Waals surface area contributed by atoms with E-state index in [1.807, 2.05) is 18.5 Å². The highest BCUT2D eigenvalue weighted by molar-refractivity contribution is 5.09.